The molecular formula is C37H67N5O4. The Balaban J connectivity index is 2.13. The molecular weight excluding hydrogens is 578 g/mol. The molecule has 0 aromatic heterocycles. The second-order valence-electron chi connectivity index (χ2n) is 15.4. The van der Waals surface area contributed by atoms with Gasteiger partial charge in [-0.1, -0.05) is 86.1 Å². The van der Waals surface area contributed by atoms with Crippen LogP contribution in [0.3, 0.4) is 0 Å². The second-order valence-corrected chi connectivity index (χ2v) is 15.4. The molecule has 2 saturated heterocycles. The maximum Gasteiger partial charge on any atom is 0.249 e. The number of hydrogen-bond acceptors (Lipinski definition) is 5. The Kier molecular flexibility index (Phi) is 16.2. The minimum Gasteiger partial charge on any atom is -0.354 e. The van der Waals surface area contributed by atoms with Crippen molar-refractivity contribution in [1.82, 2.24) is 25.3 Å². The van der Waals surface area contributed by atoms with Crippen LogP contribution in [0.15, 0.2) is 11.6 Å². The fourth-order valence-corrected chi connectivity index (χ4v) is 6.91. The summed E-state index contributed by atoms with van der Waals surface area (Å²) in [4.78, 5) is 60.1. The Labute approximate surface area is 280 Å². The SMILES string of the molecule is CCCCCCCCNC(=O)[C@@H]1CCCN1C(=O)/C(C)=C/[C@H](C(C)C)N(C)C(=O)[C@@H](NC(=O)[C@H]1CCCCN1C(C)C)C(C)(C)C. The first-order valence-electron chi connectivity index (χ1n) is 18.2. The lowest BCUT2D eigenvalue weighted by Gasteiger charge is -2.41. The van der Waals surface area contributed by atoms with Crippen molar-refractivity contribution >= 4 is 23.6 Å². The predicted octanol–water partition coefficient (Wildman–Crippen LogP) is 5.68. The molecule has 0 aromatic rings. The van der Waals surface area contributed by atoms with E-state index in [0.29, 0.717) is 25.1 Å². The lowest BCUT2D eigenvalue weighted by atomic mass is 9.84. The van der Waals surface area contributed by atoms with Crippen LogP contribution < -0.4 is 10.6 Å². The van der Waals surface area contributed by atoms with Gasteiger partial charge in [0.1, 0.15) is 12.1 Å². The van der Waals surface area contributed by atoms with Crippen LogP contribution in [-0.4, -0.2) is 95.2 Å². The standard InChI is InChI=1S/C37H67N5O4/c1-11-12-13-14-15-17-22-38-33(43)29-21-19-24-42(29)35(45)28(6)25-31(26(2)3)40(10)36(46)32(37(7,8)9)39-34(44)30-20-16-18-23-41(30)27(4)5/h25-27,29-32H,11-24H2,1-10H3,(H,38,43)(H,39,44)/b28-25+/t29-,30+,31+,32+/m0/s1. The summed E-state index contributed by atoms with van der Waals surface area (Å²) >= 11 is 0. The van der Waals surface area contributed by atoms with E-state index in [9.17, 15) is 19.2 Å². The van der Waals surface area contributed by atoms with Crippen molar-refractivity contribution in [2.45, 2.75) is 163 Å². The number of likely N-dealkylation sites (tertiary alicyclic amines) is 2. The van der Waals surface area contributed by atoms with Crippen molar-refractivity contribution in [1.29, 1.82) is 0 Å². The highest BCUT2D eigenvalue weighted by Crippen LogP contribution is 2.27. The van der Waals surface area contributed by atoms with E-state index < -0.39 is 17.5 Å². The molecule has 2 fully saturated rings. The summed E-state index contributed by atoms with van der Waals surface area (Å²) in [5.41, 5.74) is 0.0141. The van der Waals surface area contributed by atoms with Gasteiger partial charge in [-0.05, 0) is 70.8 Å². The van der Waals surface area contributed by atoms with Gasteiger partial charge in [0.25, 0.3) is 0 Å². The zero-order valence-corrected chi connectivity index (χ0v) is 30.9. The third kappa shape index (κ3) is 11.4. The molecule has 0 aromatic carbocycles. The summed E-state index contributed by atoms with van der Waals surface area (Å²) in [5, 5.41) is 6.21. The molecule has 0 radical (unpaired) electrons. The summed E-state index contributed by atoms with van der Waals surface area (Å²) < 4.78 is 0. The number of rotatable bonds is 16. The van der Waals surface area contributed by atoms with E-state index in [1.807, 2.05) is 40.7 Å². The van der Waals surface area contributed by atoms with E-state index in [1.54, 1.807) is 23.8 Å². The largest absolute Gasteiger partial charge is 0.354 e. The maximum absolute atomic E-state index is 14.1. The van der Waals surface area contributed by atoms with Gasteiger partial charge in [-0.25, -0.2) is 0 Å². The molecule has 9 nitrogen and oxygen atoms in total. The van der Waals surface area contributed by atoms with Crippen LogP contribution in [0, 0.1) is 11.3 Å². The highest BCUT2D eigenvalue weighted by molar-refractivity contribution is 5.97. The predicted molar refractivity (Wildman–Crippen MR) is 187 cm³/mol. The Hall–Kier alpha value is -2.42. The van der Waals surface area contributed by atoms with Crippen molar-refractivity contribution in [2.24, 2.45) is 11.3 Å². The molecule has 2 N–H and O–H groups in total. The molecule has 0 saturated carbocycles. The normalized spacial score (nSPS) is 21.0. The molecule has 0 aliphatic carbocycles. The summed E-state index contributed by atoms with van der Waals surface area (Å²) in [6.07, 6.45) is 13.2. The van der Waals surface area contributed by atoms with Crippen molar-refractivity contribution in [3.63, 3.8) is 0 Å². The second kappa shape index (κ2) is 18.8. The summed E-state index contributed by atoms with van der Waals surface area (Å²) in [6.45, 7) is 20.3. The zero-order valence-electron chi connectivity index (χ0n) is 30.9. The van der Waals surface area contributed by atoms with Crippen LogP contribution in [0.25, 0.3) is 0 Å². The smallest absolute Gasteiger partial charge is 0.249 e. The van der Waals surface area contributed by atoms with Gasteiger partial charge in [0.05, 0.1) is 12.1 Å². The summed E-state index contributed by atoms with van der Waals surface area (Å²) in [5.74, 6) is -0.463. The van der Waals surface area contributed by atoms with Gasteiger partial charge in [-0.3, -0.25) is 24.1 Å². The topological polar surface area (TPSA) is 102 Å². The third-order valence-electron chi connectivity index (χ3n) is 9.79. The Morgan fingerprint density at radius 1 is 0.870 bits per heavy atom. The van der Waals surface area contributed by atoms with Crippen molar-refractivity contribution in [3.05, 3.63) is 11.6 Å². The number of nitrogens with one attached hydrogen (secondary N) is 2. The molecule has 2 heterocycles. The van der Waals surface area contributed by atoms with Crippen LogP contribution in [-0.2, 0) is 19.2 Å². The van der Waals surface area contributed by atoms with Crippen LogP contribution in [0.1, 0.15) is 133 Å². The highest BCUT2D eigenvalue weighted by atomic mass is 16.2. The lowest BCUT2D eigenvalue weighted by molar-refractivity contribution is -0.142. The first kappa shape index (κ1) is 39.8. The van der Waals surface area contributed by atoms with Gasteiger partial charge < -0.3 is 20.4 Å². The van der Waals surface area contributed by atoms with Gasteiger partial charge in [0.2, 0.25) is 23.6 Å². The number of amides is 4. The number of carbonyl (C=O) groups is 4. The van der Waals surface area contributed by atoms with Crippen molar-refractivity contribution in [2.75, 3.05) is 26.7 Å². The van der Waals surface area contributed by atoms with Crippen molar-refractivity contribution < 1.29 is 19.2 Å². The van der Waals surface area contributed by atoms with E-state index in [0.717, 1.165) is 45.1 Å². The maximum atomic E-state index is 14.1. The van der Waals surface area contributed by atoms with Crippen LogP contribution in [0.5, 0.6) is 0 Å². The van der Waals surface area contributed by atoms with Gasteiger partial charge >= 0.3 is 0 Å². The Morgan fingerprint density at radius 3 is 2.11 bits per heavy atom. The summed E-state index contributed by atoms with van der Waals surface area (Å²) in [7, 11) is 1.77. The van der Waals surface area contributed by atoms with Crippen molar-refractivity contribution in [3.8, 4) is 0 Å². The van der Waals surface area contributed by atoms with Gasteiger partial charge in [0.15, 0.2) is 0 Å². The number of hydrogen-bond donors (Lipinski definition) is 2. The van der Waals surface area contributed by atoms with Crippen LogP contribution in [0.2, 0.25) is 0 Å². The number of carbonyl (C=O) groups excluding carboxylic acids is 4. The van der Waals surface area contributed by atoms with E-state index >= 15 is 0 Å². The molecule has 0 bridgehead atoms. The quantitative estimate of drug-likeness (QED) is 0.166. The van der Waals surface area contributed by atoms with Gasteiger partial charge in [-0.15, -0.1) is 0 Å². The van der Waals surface area contributed by atoms with E-state index in [-0.39, 0.29) is 47.7 Å². The van der Waals surface area contributed by atoms with Gasteiger partial charge in [-0.2, -0.15) is 0 Å². The van der Waals surface area contributed by atoms with Crippen LogP contribution >= 0.6 is 0 Å². The molecule has 9 heteroatoms. The minimum atomic E-state index is -0.718. The number of likely N-dealkylation sites (N-methyl/N-ethyl adjacent to an activating group) is 1. The number of nitrogens with zero attached hydrogens (tertiary/aromatic N) is 3. The average Bonchev–Trinajstić information content (AvgIpc) is 3.50. The van der Waals surface area contributed by atoms with E-state index in [4.69, 9.17) is 0 Å². The Morgan fingerprint density at radius 2 is 1.50 bits per heavy atom. The Bertz CT molecular complexity index is 1030. The molecule has 46 heavy (non-hydrogen) atoms. The summed E-state index contributed by atoms with van der Waals surface area (Å²) in [6, 6.07) is -1.53. The zero-order chi connectivity index (χ0) is 34.6. The molecule has 2 rings (SSSR count). The number of piperidine rings is 1. The van der Waals surface area contributed by atoms with E-state index in [1.165, 1.54) is 25.7 Å². The fraction of sp³-hybridized carbons (Fsp3) is 0.838. The lowest BCUT2D eigenvalue weighted by Crippen LogP contribution is -2.60. The molecule has 4 amide bonds. The molecule has 2 aliphatic heterocycles. The van der Waals surface area contributed by atoms with Gasteiger partial charge in [0, 0.05) is 31.8 Å². The molecule has 0 spiro atoms. The molecule has 0 unspecified atom stereocenters. The molecule has 4 atom stereocenters. The minimum absolute atomic E-state index is 0.0257. The first-order valence-corrected chi connectivity index (χ1v) is 18.2. The third-order valence-corrected chi connectivity index (χ3v) is 9.79. The monoisotopic (exact) mass is 646 g/mol. The average molecular weight is 646 g/mol. The fourth-order valence-electron chi connectivity index (χ4n) is 6.91. The van der Waals surface area contributed by atoms with E-state index in [2.05, 4.69) is 36.3 Å². The first-order chi connectivity index (χ1) is 21.6. The van der Waals surface area contributed by atoms with Crippen LogP contribution in [0.4, 0.5) is 0 Å². The molecule has 2 aliphatic rings. The number of unbranched alkanes of at least 4 members (excludes halogenated alkanes) is 5. The highest BCUT2D eigenvalue weighted by Gasteiger charge is 2.40. The molecule has 264 valence electrons.